The molecule has 0 radical (unpaired) electrons. The van der Waals surface area contributed by atoms with Crippen LogP contribution in [0.4, 0.5) is 0 Å². The largest absolute Gasteiger partial charge is 0.240 e. The Morgan fingerprint density at radius 1 is 1.00 bits per heavy atom. The molecule has 4 aliphatic carbocycles. The van der Waals surface area contributed by atoms with Gasteiger partial charge in [0.25, 0.3) is 0 Å². The Hall–Kier alpha value is -0.390. The molecule has 0 aromatic heterocycles. The predicted molar refractivity (Wildman–Crippen MR) is 94.5 cm³/mol. The van der Waals surface area contributed by atoms with Crippen molar-refractivity contribution in [2.45, 2.75) is 50.0 Å². The minimum absolute atomic E-state index is 0.0265. The second-order valence-corrected chi connectivity index (χ2v) is 10.5. The number of nitrogens with one attached hydrogen (secondary N) is 1. The van der Waals surface area contributed by atoms with Gasteiger partial charge in [-0.25, -0.2) is 13.1 Å². The number of benzene rings is 1. The summed E-state index contributed by atoms with van der Waals surface area (Å²) in [7, 11) is -3.43. The predicted octanol–water partition coefficient (Wildman–Crippen LogP) is 4.19. The van der Waals surface area contributed by atoms with E-state index in [1.165, 1.54) is 32.1 Å². The van der Waals surface area contributed by atoms with Crippen LogP contribution in [0.5, 0.6) is 0 Å². The van der Waals surface area contributed by atoms with Crippen molar-refractivity contribution in [2.24, 2.45) is 29.6 Å². The van der Waals surface area contributed by atoms with Gasteiger partial charge in [-0.2, -0.15) is 0 Å². The molecule has 0 heterocycles. The zero-order chi connectivity index (χ0) is 16.2. The first-order valence-electron chi connectivity index (χ1n) is 8.70. The Kier molecular flexibility index (Phi) is 4.10. The van der Waals surface area contributed by atoms with Crippen molar-refractivity contribution in [3.05, 3.63) is 28.7 Å². The highest BCUT2D eigenvalue weighted by molar-refractivity contribution is 9.10. The lowest BCUT2D eigenvalue weighted by molar-refractivity contribution is -0.0463. The third-order valence-electron chi connectivity index (χ3n) is 6.34. The van der Waals surface area contributed by atoms with Crippen LogP contribution >= 0.6 is 15.9 Å². The summed E-state index contributed by atoms with van der Waals surface area (Å²) in [6.07, 6.45) is 6.72. The maximum atomic E-state index is 12.7. The van der Waals surface area contributed by atoms with Crippen molar-refractivity contribution in [1.82, 2.24) is 4.72 Å². The molecule has 0 amide bonds. The lowest BCUT2D eigenvalue weighted by atomic mass is 9.51. The lowest BCUT2D eigenvalue weighted by Crippen LogP contribution is -2.52. The molecule has 3 nitrogen and oxygen atoms in total. The van der Waals surface area contributed by atoms with E-state index in [1.807, 2.05) is 0 Å². The van der Waals surface area contributed by atoms with Crippen LogP contribution < -0.4 is 4.72 Å². The standard InChI is InChI=1S/C18H24BrNO2S/c1-11(20-23(21,22)17-4-2-16(19)3-5-17)18-14-7-12-6-13(9-14)10-15(18)8-12/h2-5,11-15,18,20H,6-10H2,1H3/t11-,12?,13?,14?,15?,18?/m0/s1. The van der Waals surface area contributed by atoms with E-state index in [2.05, 4.69) is 27.6 Å². The fourth-order valence-electron chi connectivity index (χ4n) is 5.79. The highest BCUT2D eigenvalue weighted by Gasteiger charge is 2.50. The van der Waals surface area contributed by atoms with E-state index < -0.39 is 10.0 Å². The van der Waals surface area contributed by atoms with Gasteiger partial charge in [0, 0.05) is 10.5 Å². The smallest absolute Gasteiger partial charge is 0.208 e. The first kappa shape index (κ1) is 16.1. The maximum Gasteiger partial charge on any atom is 0.240 e. The minimum Gasteiger partial charge on any atom is -0.208 e. The molecule has 1 aromatic rings. The van der Waals surface area contributed by atoms with Crippen molar-refractivity contribution >= 4 is 26.0 Å². The first-order chi connectivity index (χ1) is 10.9. The van der Waals surface area contributed by atoms with Crippen molar-refractivity contribution in [3.8, 4) is 0 Å². The van der Waals surface area contributed by atoms with Gasteiger partial charge in [-0.05, 0) is 92.9 Å². The van der Waals surface area contributed by atoms with Crippen LogP contribution in [-0.4, -0.2) is 14.5 Å². The molecule has 126 valence electrons. The van der Waals surface area contributed by atoms with Gasteiger partial charge >= 0.3 is 0 Å². The molecular formula is C18H24BrNO2S. The van der Waals surface area contributed by atoms with E-state index in [0.29, 0.717) is 10.8 Å². The molecular weight excluding hydrogens is 374 g/mol. The summed E-state index contributed by atoms with van der Waals surface area (Å²) < 4.78 is 29.2. The number of rotatable bonds is 4. The number of halogens is 1. The Labute approximate surface area is 147 Å². The lowest BCUT2D eigenvalue weighted by Gasteiger charge is -2.56. The van der Waals surface area contributed by atoms with Gasteiger partial charge in [0.15, 0.2) is 0 Å². The molecule has 4 aliphatic rings. The second-order valence-electron chi connectivity index (χ2n) is 7.87. The molecule has 23 heavy (non-hydrogen) atoms. The van der Waals surface area contributed by atoms with Gasteiger partial charge in [0.2, 0.25) is 10.0 Å². The Morgan fingerprint density at radius 2 is 1.52 bits per heavy atom. The van der Waals surface area contributed by atoms with E-state index >= 15 is 0 Å². The summed E-state index contributed by atoms with van der Waals surface area (Å²) in [6.45, 7) is 2.07. The van der Waals surface area contributed by atoms with Crippen molar-refractivity contribution in [2.75, 3.05) is 0 Å². The summed E-state index contributed by atoms with van der Waals surface area (Å²) in [5, 5.41) is 0. The van der Waals surface area contributed by atoms with Crippen LogP contribution in [0.2, 0.25) is 0 Å². The molecule has 0 unspecified atom stereocenters. The van der Waals surface area contributed by atoms with Crippen LogP contribution in [0.1, 0.15) is 39.0 Å². The first-order valence-corrected chi connectivity index (χ1v) is 11.0. The monoisotopic (exact) mass is 397 g/mol. The van der Waals surface area contributed by atoms with Crippen LogP contribution in [0, 0.1) is 29.6 Å². The van der Waals surface area contributed by atoms with Gasteiger partial charge in [-0.1, -0.05) is 15.9 Å². The topological polar surface area (TPSA) is 46.2 Å². The Morgan fingerprint density at radius 3 is 2.04 bits per heavy atom. The summed E-state index contributed by atoms with van der Waals surface area (Å²) >= 11 is 3.35. The molecule has 1 atom stereocenters. The highest BCUT2D eigenvalue weighted by atomic mass is 79.9. The van der Waals surface area contributed by atoms with E-state index in [-0.39, 0.29) is 6.04 Å². The van der Waals surface area contributed by atoms with Gasteiger partial charge in [0.1, 0.15) is 0 Å². The molecule has 4 bridgehead atoms. The number of sulfonamides is 1. The van der Waals surface area contributed by atoms with E-state index in [4.69, 9.17) is 0 Å². The molecule has 0 saturated heterocycles. The Balaban J connectivity index is 1.51. The summed E-state index contributed by atoms with van der Waals surface area (Å²) in [4.78, 5) is 0.358. The molecule has 1 N–H and O–H groups in total. The summed E-state index contributed by atoms with van der Waals surface area (Å²) in [5.74, 6) is 3.82. The fraction of sp³-hybridized carbons (Fsp3) is 0.667. The zero-order valence-corrected chi connectivity index (χ0v) is 15.8. The summed E-state index contributed by atoms with van der Waals surface area (Å²) in [5.41, 5.74) is 0. The number of hydrogen-bond donors (Lipinski definition) is 1. The average Bonchev–Trinajstić information content (AvgIpc) is 2.45. The van der Waals surface area contributed by atoms with Gasteiger partial charge in [0.05, 0.1) is 4.90 Å². The maximum absolute atomic E-state index is 12.7. The van der Waals surface area contributed by atoms with E-state index in [1.54, 1.807) is 24.3 Å². The highest BCUT2D eigenvalue weighted by Crippen LogP contribution is 2.57. The van der Waals surface area contributed by atoms with Crippen LogP contribution in [0.3, 0.4) is 0 Å². The van der Waals surface area contributed by atoms with Crippen molar-refractivity contribution in [1.29, 1.82) is 0 Å². The normalized spacial score (nSPS) is 37.0. The van der Waals surface area contributed by atoms with Gasteiger partial charge < -0.3 is 0 Å². The third-order valence-corrected chi connectivity index (χ3v) is 8.45. The van der Waals surface area contributed by atoms with Crippen LogP contribution in [0.25, 0.3) is 0 Å². The van der Waals surface area contributed by atoms with E-state index in [9.17, 15) is 8.42 Å². The third kappa shape index (κ3) is 3.00. The number of hydrogen-bond acceptors (Lipinski definition) is 2. The van der Waals surface area contributed by atoms with Gasteiger partial charge in [-0.15, -0.1) is 0 Å². The van der Waals surface area contributed by atoms with Crippen molar-refractivity contribution in [3.63, 3.8) is 0 Å². The molecule has 4 fully saturated rings. The molecule has 1 aromatic carbocycles. The van der Waals surface area contributed by atoms with Crippen molar-refractivity contribution < 1.29 is 8.42 Å². The average molecular weight is 398 g/mol. The van der Waals surface area contributed by atoms with Crippen LogP contribution in [0.15, 0.2) is 33.6 Å². The zero-order valence-electron chi connectivity index (χ0n) is 13.4. The second kappa shape index (κ2) is 5.85. The molecule has 5 heteroatoms. The van der Waals surface area contributed by atoms with Gasteiger partial charge in [-0.3, -0.25) is 0 Å². The molecule has 0 aliphatic heterocycles. The molecule has 5 rings (SSSR count). The quantitative estimate of drug-likeness (QED) is 0.827. The fourth-order valence-corrected chi connectivity index (χ4v) is 7.33. The van der Waals surface area contributed by atoms with E-state index in [0.717, 1.165) is 28.1 Å². The summed E-state index contributed by atoms with van der Waals surface area (Å²) in [6, 6.07) is 6.91. The molecule has 0 spiro atoms. The SMILES string of the molecule is C[C@H](NS(=O)(=O)c1ccc(Br)cc1)C1C2CC3CC(C2)CC1C3. The minimum atomic E-state index is -3.43. The molecule has 4 saturated carbocycles. The Bertz CT molecular complexity index is 657. The van der Waals surface area contributed by atoms with Crippen LogP contribution in [-0.2, 0) is 10.0 Å².